The van der Waals surface area contributed by atoms with Crippen molar-refractivity contribution in [1.82, 2.24) is 4.98 Å². The molecule has 0 bridgehead atoms. The highest BCUT2D eigenvalue weighted by Gasteiger charge is 2.20. The highest BCUT2D eigenvalue weighted by Crippen LogP contribution is 2.30. The van der Waals surface area contributed by atoms with E-state index in [0.29, 0.717) is 12.6 Å². The van der Waals surface area contributed by atoms with E-state index in [2.05, 4.69) is 23.9 Å². The van der Waals surface area contributed by atoms with E-state index in [1.54, 1.807) is 11.3 Å². The molecule has 0 spiro atoms. The second-order valence-corrected chi connectivity index (χ2v) is 6.03. The highest BCUT2D eigenvalue weighted by molar-refractivity contribution is 7.15. The van der Waals surface area contributed by atoms with Crippen LogP contribution in [0, 0.1) is 6.92 Å². The molecule has 0 aromatic carbocycles. The third kappa shape index (κ3) is 2.99. The third-order valence-corrected chi connectivity index (χ3v) is 5.01. The first kappa shape index (κ1) is 12.8. The van der Waals surface area contributed by atoms with E-state index >= 15 is 0 Å². The van der Waals surface area contributed by atoms with Gasteiger partial charge in [0.15, 0.2) is 5.13 Å². The number of aromatic nitrogens is 1. The van der Waals surface area contributed by atoms with Crippen LogP contribution in [0.25, 0.3) is 0 Å². The summed E-state index contributed by atoms with van der Waals surface area (Å²) in [5, 5.41) is 1.15. The Balaban J connectivity index is 2.08. The zero-order chi connectivity index (χ0) is 12.3. The minimum atomic E-state index is 0.613. The molecule has 0 radical (unpaired) electrons. The Bertz CT molecular complexity index is 354. The zero-order valence-corrected chi connectivity index (χ0v) is 11.7. The Morgan fingerprint density at radius 1 is 1.29 bits per heavy atom. The number of rotatable bonds is 3. The van der Waals surface area contributed by atoms with Crippen LogP contribution in [-0.2, 0) is 6.54 Å². The van der Waals surface area contributed by atoms with Gasteiger partial charge in [-0.2, -0.15) is 0 Å². The first-order valence-corrected chi connectivity index (χ1v) is 7.43. The second kappa shape index (κ2) is 5.83. The standard InChI is InChI=1S/C13H23N3S/c1-10-12(9-14)17-13(15-10)16(2)11-7-5-3-4-6-8-11/h11H,3-9,14H2,1-2H3. The molecule has 3 nitrogen and oxygen atoms in total. The van der Waals surface area contributed by atoms with Crippen LogP contribution in [-0.4, -0.2) is 18.1 Å². The lowest BCUT2D eigenvalue weighted by molar-refractivity contribution is 0.552. The summed E-state index contributed by atoms with van der Waals surface area (Å²) in [5.41, 5.74) is 6.82. The highest BCUT2D eigenvalue weighted by atomic mass is 32.1. The van der Waals surface area contributed by atoms with Crippen LogP contribution in [0.2, 0.25) is 0 Å². The largest absolute Gasteiger partial charge is 0.348 e. The first-order chi connectivity index (χ1) is 8.22. The van der Waals surface area contributed by atoms with Crippen molar-refractivity contribution < 1.29 is 0 Å². The molecular weight excluding hydrogens is 230 g/mol. The summed E-state index contributed by atoms with van der Waals surface area (Å²) in [6, 6.07) is 0.675. The predicted octanol–water partition coefficient (Wildman–Crippen LogP) is 3.07. The van der Waals surface area contributed by atoms with Crippen molar-refractivity contribution in [2.75, 3.05) is 11.9 Å². The van der Waals surface area contributed by atoms with Gasteiger partial charge in [-0.05, 0) is 19.8 Å². The quantitative estimate of drug-likeness (QED) is 0.842. The Morgan fingerprint density at radius 3 is 2.47 bits per heavy atom. The van der Waals surface area contributed by atoms with Gasteiger partial charge < -0.3 is 10.6 Å². The van der Waals surface area contributed by atoms with E-state index in [9.17, 15) is 0 Å². The van der Waals surface area contributed by atoms with Crippen molar-refractivity contribution >= 4 is 16.5 Å². The second-order valence-electron chi connectivity index (χ2n) is 4.97. The number of hydrogen-bond donors (Lipinski definition) is 1. The van der Waals surface area contributed by atoms with Crippen molar-refractivity contribution in [1.29, 1.82) is 0 Å². The fourth-order valence-electron chi connectivity index (χ4n) is 2.55. The number of aryl methyl sites for hydroxylation is 1. The lowest BCUT2D eigenvalue weighted by atomic mass is 10.1. The molecule has 1 aliphatic rings. The van der Waals surface area contributed by atoms with Gasteiger partial charge in [-0.3, -0.25) is 0 Å². The molecule has 17 heavy (non-hydrogen) atoms. The summed E-state index contributed by atoms with van der Waals surface area (Å²) in [7, 11) is 2.19. The molecule has 1 fully saturated rings. The van der Waals surface area contributed by atoms with Gasteiger partial charge in [0.2, 0.25) is 0 Å². The SMILES string of the molecule is Cc1nc(N(C)C2CCCCCC2)sc1CN. The Morgan fingerprint density at radius 2 is 1.94 bits per heavy atom. The van der Waals surface area contributed by atoms with Crippen LogP contribution in [0.5, 0.6) is 0 Å². The van der Waals surface area contributed by atoms with Crippen LogP contribution >= 0.6 is 11.3 Å². The van der Waals surface area contributed by atoms with Crippen LogP contribution < -0.4 is 10.6 Å². The summed E-state index contributed by atoms with van der Waals surface area (Å²) in [5.74, 6) is 0. The van der Waals surface area contributed by atoms with E-state index in [-0.39, 0.29) is 0 Å². The fourth-order valence-corrected chi connectivity index (χ4v) is 3.53. The monoisotopic (exact) mass is 253 g/mol. The molecular formula is C13H23N3S. The normalized spacial score (nSPS) is 18.1. The van der Waals surface area contributed by atoms with Gasteiger partial charge in [0, 0.05) is 24.5 Å². The summed E-state index contributed by atoms with van der Waals surface area (Å²) in [6.45, 7) is 2.67. The Hall–Kier alpha value is -0.610. The number of nitrogens with zero attached hydrogens (tertiary/aromatic N) is 2. The summed E-state index contributed by atoms with van der Waals surface area (Å²) in [6.07, 6.45) is 8.15. The fraction of sp³-hybridized carbons (Fsp3) is 0.769. The molecule has 4 heteroatoms. The van der Waals surface area contributed by atoms with Gasteiger partial charge in [0.25, 0.3) is 0 Å². The minimum absolute atomic E-state index is 0.613. The molecule has 1 heterocycles. The molecule has 2 rings (SSSR count). The third-order valence-electron chi connectivity index (χ3n) is 3.74. The van der Waals surface area contributed by atoms with Crippen LogP contribution in [0.1, 0.15) is 49.1 Å². The van der Waals surface area contributed by atoms with Crippen LogP contribution in [0.3, 0.4) is 0 Å². The lowest BCUT2D eigenvalue weighted by Gasteiger charge is -2.26. The van der Waals surface area contributed by atoms with Crippen molar-refractivity contribution in [2.45, 2.75) is 58.0 Å². The van der Waals surface area contributed by atoms with E-state index in [1.807, 2.05) is 0 Å². The molecule has 1 saturated carbocycles. The van der Waals surface area contributed by atoms with Gasteiger partial charge in [-0.1, -0.05) is 25.7 Å². The van der Waals surface area contributed by atoms with E-state index < -0.39 is 0 Å². The molecule has 0 aliphatic heterocycles. The maximum absolute atomic E-state index is 5.72. The van der Waals surface area contributed by atoms with Crippen LogP contribution in [0.4, 0.5) is 5.13 Å². The topological polar surface area (TPSA) is 42.2 Å². The Kier molecular flexibility index (Phi) is 4.40. The maximum Gasteiger partial charge on any atom is 0.185 e. The number of anilines is 1. The van der Waals surface area contributed by atoms with E-state index in [0.717, 1.165) is 10.8 Å². The van der Waals surface area contributed by atoms with Crippen molar-refractivity contribution in [3.05, 3.63) is 10.6 Å². The van der Waals surface area contributed by atoms with Gasteiger partial charge in [-0.25, -0.2) is 4.98 Å². The summed E-state index contributed by atoms with van der Waals surface area (Å²) < 4.78 is 0. The van der Waals surface area contributed by atoms with Crippen molar-refractivity contribution in [2.24, 2.45) is 5.73 Å². The number of thiazole rings is 1. The average Bonchev–Trinajstić information content (AvgIpc) is 2.56. The van der Waals surface area contributed by atoms with Gasteiger partial charge >= 0.3 is 0 Å². The van der Waals surface area contributed by atoms with Gasteiger partial charge in [0.1, 0.15) is 0 Å². The van der Waals surface area contributed by atoms with Crippen molar-refractivity contribution in [3.8, 4) is 0 Å². The maximum atomic E-state index is 5.72. The molecule has 1 aromatic heterocycles. The smallest absolute Gasteiger partial charge is 0.185 e. The zero-order valence-electron chi connectivity index (χ0n) is 10.9. The summed E-state index contributed by atoms with van der Waals surface area (Å²) in [4.78, 5) is 8.25. The predicted molar refractivity (Wildman–Crippen MR) is 74.6 cm³/mol. The molecule has 0 unspecified atom stereocenters. The molecule has 0 amide bonds. The lowest BCUT2D eigenvalue weighted by Crippen LogP contribution is -2.30. The summed E-state index contributed by atoms with van der Waals surface area (Å²) >= 11 is 1.76. The molecule has 0 saturated heterocycles. The Labute approximate surface area is 108 Å². The van der Waals surface area contributed by atoms with Gasteiger partial charge in [0.05, 0.1) is 5.69 Å². The van der Waals surface area contributed by atoms with E-state index in [1.165, 1.54) is 43.4 Å². The first-order valence-electron chi connectivity index (χ1n) is 6.61. The average molecular weight is 253 g/mol. The molecule has 0 atom stereocenters. The van der Waals surface area contributed by atoms with Gasteiger partial charge in [-0.15, -0.1) is 11.3 Å². The number of nitrogens with two attached hydrogens (primary N) is 1. The molecule has 2 N–H and O–H groups in total. The van der Waals surface area contributed by atoms with Crippen LogP contribution in [0.15, 0.2) is 0 Å². The number of hydrogen-bond acceptors (Lipinski definition) is 4. The van der Waals surface area contributed by atoms with E-state index in [4.69, 9.17) is 5.73 Å². The van der Waals surface area contributed by atoms with Crippen molar-refractivity contribution in [3.63, 3.8) is 0 Å². The molecule has 96 valence electrons. The minimum Gasteiger partial charge on any atom is -0.348 e. The molecule has 1 aromatic rings. The molecule has 1 aliphatic carbocycles.